The molecule has 0 aliphatic heterocycles. The summed E-state index contributed by atoms with van der Waals surface area (Å²) in [5, 5.41) is 15.7. The number of hydrogen-bond donors (Lipinski definition) is 0. The van der Waals surface area contributed by atoms with Gasteiger partial charge in [-0.2, -0.15) is 30.0 Å². The molecule has 0 aliphatic carbocycles. The van der Waals surface area contributed by atoms with Gasteiger partial charge >= 0.3 is 0 Å². The maximum Gasteiger partial charge on any atom is 0.203 e. The van der Waals surface area contributed by atoms with Crippen LogP contribution in [-0.4, -0.2) is 35.8 Å². The molecular formula is C17H10F2N6O. The van der Waals surface area contributed by atoms with E-state index in [1.54, 1.807) is 0 Å². The van der Waals surface area contributed by atoms with E-state index < -0.39 is 17.4 Å². The van der Waals surface area contributed by atoms with Crippen molar-refractivity contribution in [3.05, 3.63) is 83.9 Å². The number of aromatic nitrogens is 6. The first-order valence-corrected chi connectivity index (χ1v) is 7.52. The molecule has 0 aliphatic rings. The van der Waals surface area contributed by atoms with Crippen LogP contribution >= 0.6 is 0 Å². The Hall–Kier alpha value is -3.75. The Balaban J connectivity index is 1.94. The van der Waals surface area contributed by atoms with Crippen molar-refractivity contribution in [3.8, 4) is 11.4 Å². The summed E-state index contributed by atoms with van der Waals surface area (Å²) in [5.41, 5.74) is -0.491. The summed E-state index contributed by atoms with van der Waals surface area (Å²) in [6.07, 6.45) is 5.56. The fourth-order valence-electron chi connectivity index (χ4n) is 2.61. The molecule has 2 heterocycles. The highest BCUT2D eigenvalue weighted by Crippen LogP contribution is 2.25. The van der Waals surface area contributed by atoms with E-state index in [1.165, 1.54) is 49.1 Å². The predicted octanol–water partition coefficient (Wildman–Crippen LogP) is 2.36. The van der Waals surface area contributed by atoms with Gasteiger partial charge < -0.3 is 0 Å². The lowest BCUT2D eigenvalue weighted by molar-refractivity contribution is 0.103. The second-order valence-electron chi connectivity index (χ2n) is 5.23. The first-order valence-electron chi connectivity index (χ1n) is 7.52. The number of carbonyl (C=O) groups is 1. The molecule has 2 aromatic carbocycles. The molecule has 0 spiro atoms. The van der Waals surface area contributed by atoms with Gasteiger partial charge in [-0.15, -0.1) is 0 Å². The molecular weight excluding hydrogens is 342 g/mol. The number of nitrogens with zero attached hydrogens (tertiary/aromatic N) is 6. The second kappa shape index (κ2) is 6.28. The van der Waals surface area contributed by atoms with Crippen molar-refractivity contribution in [1.82, 2.24) is 30.0 Å². The van der Waals surface area contributed by atoms with Crippen LogP contribution in [0.25, 0.3) is 11.4 Å². The van der Waals surface area contributed by atoms with Crippen molar-refractivity contribution in [2.24, 2.45) is 0 Å². The van der Waals surface area contributed by atoms with Gasteiger partial charge in [0.15, 0.2) is 0 Å². The number of hydrogen-bond acceptors (Lipinski definition) is 5. The van der Waals surface area contributed by atoms with Gasteiger partial charge in [0, 0.05) is 0 Å². The third-order valence-corrected chi connectivity index (χ3v) is 3.71. The Bertz CT molecular complexity index is 991. The quantitative estimate of drug-likeness (QED) is 0.527. The molecule has 0 atom stereocenters. The topological polar surface area (TPSA) is 78.5 Å². The fraction of sp³-hybridized carbons (Fsp3) is 0. The van der Waals surface area contributed by atoms with Crippen LogP contribution in [0.1, 0.15) is 15.9 Å². The zero-order chi connectivity index (χ0) is 18.1. The van der Waals surface area contributed by atoms with Crippen molar-refractivity contribution >= 4 is 5.78 Å². The smallest absolute Gasteiger partial charge is 0.203 e. The molecule has 0 unspecified atom stereocenters. The van der Waals surface area contributed by atoms with E-state index in [0.717, 1.165) is 21.7 Å². The van der Waals surface area contributed by atoms with Crippen LogP contribution in [0, 0.1) is 11.6 Å². The van der Waals surface area contributed by atoms with Gasteiger partial charge in [-0.05, 0) is 24.3 Å². The maximum atomic E-state index is 14.5. The standard InChI is InChI=1S/C17H10F2N6O/c18-11-3-1-5-13(24-20-7-8-21-24)15(11)17(26)16-12(19)4-2-6-14(16)25-22-9-10-23-25/h1-10H. The summed E-state index contributed by atoms with van der Waals surface area (Å²) in [6, 6.07) is 8.02. The van der Waals surface area contributed by atoms with Crippen molar-refractivity contribution in [2.75, 3.05) is 0 Å². The lowest BCUT2D eigenvalue weighted by Crippen LogP contribution is -2.16. The zero-order valence-corrected chi connectivity index (χ0v) is 13.1. The minimum absolute atomic E-state index is 0.0997. The fourth-order valence-corrected chi connectivity index (χ4v) is 2.61. The third kappa shape index (κ3) is 2.55. The third-order valence-electron chi connectivity index (χ3n) is 3.71. The minimum atomic E-state index is -0.860. The van der Waals surface area contributed by atoms with Crippen LogP contribution in [-0.2, 0) is 0 Å². The number of halogens is 2. The van der Waals surface area contributed by atoms with Crippen molar-refractivity contribution in [3.63, 3.8) is 0 Å². The van der Waals surface area contributed by atoms with Crippen LogP contribution in [0.4, 0.5) is 8.78 Å². The van der Waals surface area contributed by atoms with Crippen molar-refractivity contribution < 1.29 is 13.6 Å². The molecule has 7 nitrogen and oxygen atoms in total. The largest absolute Gasteiger partial charge is 0.288 e. The van der Waals surface area contributed by atoms with E-state index in [-0.39, 0.29) is 22.5 Å². The van der Waals surface area contributed by atoms with Gasteiger partial charge in [0.2, 0.25) is 5.78 Å². The Morgan fingerprint density at radius 1 is 0.692 bits per heavy atom. The number of rotatable bonds is 4. The van der Waals surface area contributed by atoms with Gasteiger partial charge in [0.25, 0.3) is 0 Å². The highest BCUT2D eigenvalue weighted by molar-refractivity contribution is 6.13. The van der Waals surface area contributed by atoms with Crippen LogP contribution in [0.5, 0.6) is 0 Å². The molecule has 0 N–H and O–H groups in total. The van der Waals surface area contributed by atoms with E-state index in [2.05, 4.69) is 20.4 Å². The Morgan fingerprint density at radius 2 is 1.08 bits per heavy atom. The summed E-state index contributed by atoms with van der Waals surface area (Å²) in [6.45, 7) is 0. The van der Waals surface area contributed by atoms with E-state index in [1.807, 2.05) is 0 Å². The molecule has 2 aromatic heterocycles. The monoisotopic (exact) mass is 352 g/mol. The summed E-state index contributed by atoms with van der Waals surface area (Å²) < 4.78 is 29.1. The van der Waals surface area contributed by atoms with E-state index in [4.69, 9.17) is 0 Å². The first kappa shape index (κ1) is 15.8. The molecule has 26 heavy (non-hydrogen) atoms. The Labute approximate surface area is 145 Å². The molecule has 0 radical (unpaired) electrons. The Kier molecular flexibility index (Phi) is 3.81. The molecule has 0 fully saturated rings. The summed E-state index contributed by atoms with van der Waals surface area (Å²) in [5.74, 6) is -2.49. The van der Waals surface area contributed by atoms with Crippen LogP contribution in [0.15, 0.2) is 61.2 Å². The molecule has 128 valence electrons. The normalized spacial score (nSPS) is 10.8. The second-order valence-corrected chi connectivity index (χ2v) is 5.23. The number of carbonyl (C=O) groups excluding carboxylic acids is 1. The number of benzene rings is 2. The van der Waals surface area contributed by atoms with Crippen LogP contribution in [0.2, 0.25) is 0 Å². The number of ketones is 1. The van der Waals surface area contributed by atoms with Crippen LogP contribution in [0.3, 0.4) is 0 Å². The van der Waals surface area contributed by atoms with Gasteiger partial charge in [-0.25, -0.2) is 8.78 Å². The lowest BCUT2D eigenvalue weighted by Gasteiger charge is -2.12. The average molecular weight is 352 g/mol. The predicted molar refractivity (Wildman–Crippen MR) is 86.1 cm³/mol. The first-order chi connectivity index (χ1) is 12.7. The molecule has 0 saturated carbocycles. The van der Waals surface area contributed by atoms with E-state index in [0.29, 0.717) is 0 Å². The SMILES string of the molecule is O=C(c1c(F)cccc1-n1nccn1)c1c(F)cccc1-n1nccn1. The van der Waals surface area contributed by atoms with Gasteiger partial charge in [0.1, 0.15) is 11.6 Å². The molecule has 4 aromatic rings. The zero-order valence-electron chi connectivity index (χ0n) is 13.1. The Morgan fingerprint density at radius 3 is 1.46 bits per heavy atom. The highest BCUT2D eigenvalue weighted by atomic mass is 19.1. The lowest BCUT2D eigenvalue weighted by atomic mass is 9.99. The minimum Gasteiger partial charge on any atom is -0.288 e. The van der Waals surface area contributed by atoms with Crippen molar-refractivity contribution in [1.29, 1.82) is 0 Å². The summed E-state index contributed by atoms with van der Waals surface area (Å²) in [4.78, 5) is 15.3. The molecule has 0 bridgehead atoms. The molecule has 0 amide bonds. The summed E-state index contributed by atoms with van der Waals surface area (Å²) >= 11 is 0. The van der Waals surface area contributed by atoms with E-state index >= 15 is 0 Å². The van der Waals surface area contributed by atoms with Crippen molar-refractivity contribution in [2.45, 2.75) is 0 Å². The van der Waals surface area contributed by atoms with Crippen LogP contribution < -0.4 is 0 Å². The van der Waals surface area contributed by atoms with Gasteiger partial charge in [-0.3, -0.25) is 4.79 Å². The van der Waals surface area contributed by atoms with Gasteiger partial charge in [0.05, 0.1) is 47.3 Å². The maximum absolute atomic E-state index is 14.5. The van der Waals surface area contributed by atoms with E-state index in [9.17, 15) is 13.6 Å². The molecule has 9 heteroatoms. The van der Waals surface area contributed by atoms with Gasteiger partial charge in [-0.1, -0.05) is 12.1 Å². The molecule has 4 rings (SSSR count). The average Bonchev–Trinajstić information content (AvgIpc) is 3.34. The molecule has 0 saturated heterocycles. The summed E-state index contributed by atoms with van der Waals surface area (Å²) in [7, 11) is 0. The highest BCUT2D eigenvalue weighted by Gasteiger charge is 2.26.